The van der Waals surface area contributed by atoms with E-state index in [1.807, 2.05) is 11.0 Å². The van der Waals surface area contributed by atoms with Gasteiger partial charge in [-0.25, -0.2) is 17.8 Å². The monoisotopic (exact) mass is 348 g/mol. The summed E-state index contributed by atoms with van der Waals surface area (Å²) in [6.45, 7) is 2.99. The Morgan fingerprint density at radius 2 is 1.96 bits per heavy atom. The fraction of sp³-hybridized carbons (Fsp3) is 0.375. The van der Waals surface area contributed by atoms with Crippen LogP contribution in [0.4, 0.5) is 5.82 Å². The summed E-state index contributed by atoms with van der Waals surface area (Å²) in [4.78, 5) is 13.7. The highest BCUT2D eigenvalue weighted by atomic mass is 32.2. The molecule has 1 N–H and O–H groups in total. The van der Waals surface area contributed by atoms with Crippen molar-refractivity contribution >= 4 is 15.8 Å². The molecule has 1 fully saturated rings. The Hall–Kier alpha value is -2.19. The number of sulfonamides is 1. The van der Waals surface area contributed by atoms with Crippen molar-refractivity contribution in [3.63, 3.8) is 0 Å². The van der Waals surface area contributed by atoms with Crippen LogP contribution in [0.2, 0.25) is 0 Å². The third kappa shape index (κ3) is 3.34. The van der Waals surface area contributed by atoms with Gasteiger partial charge in [0.15, 0.2) is 0 Å². The molecule has 7 nitrogen and oxygen atoms in total. The third-order valence-electron chi connectivity index (χ3n) is 4.16. The number of nitrogens with zero attached hydrogens (tertiary/aromatic N) is 3. The first kappa shape index (κ1) is 16.7. The average molecular weight is 348 g/mol. The molecule has 24 heavy (non-hydrogen) atoms. The zero-order valence-electron chi connectivity index (χ0n) is 13.6. The van der Waals surface area contributed by atoms with Crippen molar-refractivity contribution in [3.8, 4) is 0 Å². The normalized spacial score (nSPS) is 18.1. The molecule has 1 aliphatic rings. The fourth-order valence-electron chi connectivity index (χ4n) is 2.86. The van der Waals surface area contributed by atoms with Gasteiger partial charge in [-0.15, -0.1) is 0 Å². The maximum absolute atomic E-state index is 12.6. The minimum atomic E-state index is -3.55. The van der Waals surface area contributed by atoms with E-state index in [2.05, 4.69) is 9.82 Å². The molecule has 1 saturated heterocycles. The van der Waals surface area contributed by atoms with E-state index in [4.69, 9.17) is 0 Å². The average Bonchev–Trinajstić information content (AvgIpc) is 2.98. The first-order valence-electron chi connectivity index (χ1n) is 7.74. The van der Waals surface area contributed by atoms with Crippen molar-refractivity contribution in [1.29, 1.82) is 0 Å². The maximum atomic E-state index is 12.6. The Labute approximate surface area is 141 Å². The third-order valence-corrected chi connectivity index (χ3v) is 5.84. The number of aryl methyl sites for hydroxylation is 2. The fourth-order valence-corrected chi connectivity index (χ4v) is 4.37. The molecule has 0 saturated carbocycles. The molecule has 128 valence electrons. The van der Waals surface area contributed by atoms with Gasteiger partial charge in [-0.05, 0) is 31.0 Å². The highest BCUT2D eigenvalue weighted by Gasteiger charge is 2.28. The van der Waals surface area contributed by atoms with Crippen LogP contribution < -0.4 is 15.2 Å². The van der Waals surface area contributed by atoms with Crippen LogP contribution in [0, 0.1) is 6.92 Å². The van der Waals surface area contributed by atoms with Crippen molar-refractivity contribution in [2.45, 2.75) is 24.3 Å². The van der Waals surface area contributed by atoms with Crippen molar-refractivity contribution in [3.05, 3.63) is 52.3 Å². The van der Waals surface area contributed by atoms with E-state index >= 15 is 0 Å². The number of hydrogen-bond acceptors (Lipinski definition) is 5. The van der Waals surface area contributed by atoms with E-state index in [-0.39, 0.29) is 11.6 Å². The number of aromatic nitrogens is 2. The highest BCUT2D eigenvalue weighted by Crippen LogP contribution is 2.20. The van der Waals surface area contributed by atoms with Gasteiger partial charge >= 0.3 is 0 Å². The SMILES string of the molecule is Cc1ccccc1S(=O)(=O)N[C@H]1CCN(c2ccc(=O)n(C)n2)C1. The number of rotatable bonds is 4. The first-order valence-corrected chi connectivity index (χ1v) is 9.22. The molecule has 3 rings (SSSR count). The van der Waals surface area contributed by atoms with Gasteiger partial charge in [0.2, 0.25) is 10.0 Å². The summed E-state index contributed by atoms with van der Waals surface area (Å²) in [5.41, 5.74) is 0.550. The van der Waals surface area contributed by atoms with Gasteiger partial charge in [0.25, 0.3) is 5.56 Å². The number of benzene rings is 1. The smallest absolute Gasteiger partial charge is 0.266 e. The van der Waals surface area contributed by atoms with Gasteiger partial charge in [-0.3, -0.25) is 4.79 Å². The van der Waals surface area contributed by atoms with E-state index in [9.17, 15) is 13.2 Å². The van der Waals surface area contributed by atoms with Crippen LogP contribution in [0.3, 0.4) is 0 Å². The van der Waals surface area contributed by atoms with Gasteiger partial charge in [-0.1, -0.05) is 18.2 Å². The van der Waals surface area contributed by atoms with Crippen molar-refractivity contribution < 1.29 is 8.42 Å². The molecule has 1 aromatic heterocycles. The van der Waals surface area contributed by atoms with E-state index in [0.717, 1.165) is 5.56 Å². The van der Waals surface area contributed by atoms with Crippen LogP contribution in [0.15, 0.2) is 46.1 Å². The van der Waals surface area contributed by atoms with Crippen molar-refractivity contribution in [2.24, 2.45) is 7.05 Å². The summed E-state index contributed by atoms with van der Waals surface area (Å²) in [5, 5.41) is 4.21. The molecule has 1 aliphatic heterocycles. The van der Waals surface area contributed by atoms with Gasteiger partial charge in [-0.2, -0.15) is 5.10 Å². The molecule has 0 amide bonds. The molecule has 1 atom stereocenters. The lowest BCUT2D eigenvalue weighted by atomic mass is 10.2. The highest BCUT2D eigenvalue weighted by molar-refractivity contribution is 7.89. The van der Waals surface area contributed by atoms with E-state index < -0.39 is 10.0 Å². The van der Waals surface area contributed by atoms with Crippen LogP contribution in [-0.4, -0.2) is 37.3 Å². The van der Waals surface area contributed by atoms with Gasteiger partial charge in [0, 0.05) is 32.2 Å². The lowest BCUT2D eigenvalue weighted by Crippen LogP contribution is -2.37. The molecule has 1 aromatic carbocycles. The standard InChI is InChI=1S/C16H20N4O3S/c1-12-5-3-4-6-14(12)24(22,23)18-13-9-10-20(11-13)15-7-8-16(21)19(2)17-15/h3-8,13,18H,9-11H2,1-2H3/t13-/m0/s1. The predicted octanol–water partition coefficient (Wildman–Crippen LogP) is 0.646. The summed E-state index contributed by atoms with van der Waals surface area (Å²) in [7, 11) is -1.95. The van der Waals surface area contributed by atoms with E-state index in [1.54, 1.807) is 38.2 Å². The molecule has 8 heteroatoms. The van der Waals surface area contributed by atoms with Crippen LogP contribution in [-0.2, 0) is 17.1 Å². The van der Waals surface area contributed by atoms with Crippen LogP contribution in [0.25, 0.3) is 0 Å². The minimum Gasteiger partial charge on any atom is -0.354 e. The second kappa shape index (κ2) is 6.37. The van der Waals surface area contributed by atoms with E-state index in [0.29, 0.717) is 30.2 Å². The summed E-state index contributed by atoms with van der Waals surface area (Å²) < 4.78 is 29.2. The summed E-state index contributed by atoms with van der Waals surface area (Å²) in [5.74, 6) is 0.676. The lowest BCUT2D eigenvalue weighted by molar-refractivity contribution is 0.560. The number of nitrogens with one attached hydrogen (secondary N) is 1. The summed E-state index contributed by atoms with van der Waals surface area (Å²) >= 11 is 0. The Kier molecular flexibility index (Phi) is 4.42. The quantitative estimate of drug-likeness (QED) is 0.877. The summed E-state index contributed by atoms with van der Waals surface area (Å²) in [6, 6.07) is 9.87. The zero-order chi connectivity index (χ0) is 17.3. The second-order valence-corrected chi connectivity index (χ2v) is 7.65. The molecule has 2 heterocycles. The summed E-state index contributed by atoms with van der Waals surface area (Å²) in [6.07, 6.45) is 0.690. The second-order valence-electron chi connectivity index (χ2n) is 5.97. The van der Waals surface area contributed by atoms with Gasteiger partial charge < -0.3 is 4.90 Å². The van der Waals surface area contributed by atoms with Crippen molar-refractivity contribution in [1.82, 2.24) is 14.5 Å². The number of hydrogen-bond donors (Lipinski definition) is 1. The van der Waals surface area contributed by atoms with Gasteiger partial charge in [0.05, 0.1) is 4.90 Å². The maximum Gasteiger partial charge on any atom is 0.266 e. The van der Waals surface area contributed by atoms with E-state index in [1.165, 1.54) is 10.7 Å². The molecular weight excluding hydrogens is 328 g/mol. The van der Waals surface area contributed by atoms with Crippen molar-refractivity contribution in [2.75, 3.05) is 18.0 Å². The molecule has 0 radical (unpaired) electrons. The first-order chi connectivity index (χ1) is 11.4. The topological polar surface area (TPSA) is 84.3 Å². The Morgan fingerprint density at radius 3 is 2.67 bits per heavy atom. The Morgan fingerprint density at radius 1 is 1.21 bits per heavy atom. The largest absolute Gasteiger partial charge is 0.354 e. The van der Waals surface area contributed by atoms with Crippen LogP contribution in [0.1, 0.15) is 12.0 Å². The zero-order valence-corrected chi connectivity index (χ0v) is 14.5. The molecule has 0 unspecified atom stereocenters. The molecule has 0 bridgehead atoms. The lowest BCUT2D eigenvalue weighted by Gasteiger charge is -2.18. The van der Waals surface area contributed by atoms with Crippen LogP contribution in [0.5, 0.6) is 0 Å². The number of anilines is 1. The molecule has 2 aromatic rings. The Bertz CT molecular complexity index is 908. The Balaban J connectivity index is 1.73. The molecule has 0 aliphatic carbocycles. The molecule has 0 spiro atoms. The minimum absolute atomic E-state index is 0.172. The molecular formula is C16H20N4O3S. The van der Waals surface area contributed by atoms with Crippen LogP contribution >= 0.6 is 0 Å². The predicted molar refractivity (Wildman–Crippen MR) is 91.6 cm³/mol. The van der Waals surface area contributed by atoms with Gasteiger partial charge in [0.1, 0.15) is 5.82 Å².